The zero-order valence-corrected chi connectivity index (χ0v) is 11.7. The van der Waals surface area contributed by atoms with E-state index >= 15 is 0 Å². The monoisotopic (exact) mass is 310 g/mol. The van der Waals surface area contributed by atoms with Crippen molar-refractivity contribution in [2.45, 2.75) is 6.54 Å². The van der Waals surface area contributed by atoms with Crippen LogP contribution >= 0.6 is 11.6 Å². The number of non-ortho nitro benzene ring substituents is 1. The summed E-state index contributed by atoms with van der Waals surface area (Å²) < 4.78 is 6.31. The maximum Gasteiger partial charge on any atom is 0.275 e. The molecule has 1 aromatic carbocycles. The SMILES string of the molecule is COc1cc(NC(=O)Cn2cc(Cl)cn2)cc([N+](=O)[O-])c1. The van der Waals surface area contributed by atoms with E-state index in [1.807, 2.05) is 0 Å². The van der Waals surface area contributed by atoms with Crippen LogP contribution in [-0.4, -0.2) is 27.7 Å². The maximum absolute atomic E-state index is 11.8. The lowest BCUT2D eigenvalue weighted by Gasteiger charge is -2.07. The highest BCUT2D eigenvalue weighted by Gasteiger charge is 2.12. The van der Waals surface area contributed by atoms with Gasteiger partial charge in [0, 0.05) is 18.3 Å². The van der Waals surface area contributed by atoms with Gasteiger partial charge in [-0.1, -0.05) is 11.6 Å². The van der Waals surface area contributed by atoms with Crippen LogP contribution in [0, 0.1) is 10.1 Å². The zero-order chi connectivity index (χ0) is 15.4. The van der Waals surface area contributed by atoms with Gasteiger partial charge in [-0.15, -0.1) is 0 Å². The van der Waals surface area contributed by atoms with Crippen molar-refractivity contribution in [3.05, 3.63) is 45.7 Å². The van der Waals surface area contributed by atoms with Gasteiger partial charge in [-0.2, -0.15) is 5.10 Å². The smallest absolute Gasteiger partial charge is 0.275 e. The molecule has 110 valence electrons. The fraction of sp³-hybridized carbons (Fsp3) is 0.167. The first kappa shape index (κ1) is 14.8. The van der Waals surface area contributed by atoms with Crippen molar-refractivity contribution in [3.63, 3.8) is 0 Å². The highest BCUT2D eigenvalue weighted by atomic mass is 35.5. The molecule has 8 nitrogen and oxygen atoms in total. The zero-order valence-electron chi connectivity index (χ0n) is 10.9. The van der Waals surface area contributed by atoms with Crippen molar-refractivity contribution in [1.29, 1.82) is 0 Å². The van der Waals surface area contributed by atoms with Crippen molar-refractivity contribution in [1.82, 2.24) is 9.78 Å². The summed E-state index contributed by atoms with van der Waals surface area (Å²) in [6.07, 6.45) is 2.90. The van der Waals surface area contributed by atoms with Crippen molar-refractivity contribution in [3.8, 4) is 5.75 Å². The fourth-order valence-electron chi connectivity index (χ4n) is 1.65. The molecule has 0 spiro atoms. The summed E-state index contributed by atoms with van der Waals surface area (Å²) in [4.78, 5) is 22.1. The van der Waals surface area contributed by atoms with Crippen LogP contribution in [0.5, 0.6) is 5.75 Å². The standard InChI is InChI=1S/C12H11ClN4O4/c1-21-11-3-9(2-10(4-11)17(19)20)15-12(18)7-16-6-8(13)5-14-16/h2-6H,7H2,1H3,(H,15,18). The molecule has 0 saturated heterocycles. The molecule has 1 aromatic heterocycles. The minimum atomic E-state index is -0.564. The lowest BCUT2D eigenvalue weighted by Crippen LogP contribution is -2.19. The summed E-state index contributed by atoms with van der Waals surface area (Å²) in [5.41, 5.74) is 0.0936. The van der Waals surface area contributed by atoms with Crippen molar-refractivity contribution < 1.29 is 14.5 Å². The first-order valence-corrected chi connectivity index (χ1v) is 6.17. The summed E-state index contributed by atoms with van der Waals surface area (Å²) in [5, 5.41) is 17.6. The molecule has 2 rings (SSSR count). The number of amides is 1. The van der Waals surface area contributed by atoms with Gasteiger partial charge in [-0.3, -0.25) is 19.6 Å². The van der Waals surface area contributed by atoms with Crippen LogP contribution in [-0.2, 0) is 11.3 Å². The Morgan fingerprint density at radius 1 is 1.52 bits per heavy atom. The molecular weight excluding hydrogens is 300 g/mol. The molecule has 0 aliphatic rings. The number of hydrogen-bond donors (Lipinski definition) is 1. The number of carbonyl (C=O) groups is 1. The Morgan fingerprint density at radius 2 is 2.29 bits per heavy atom. The molecule has 0 fully saturated rings. The Balaban J connectivity index is 2.12. The quantitative estimate of drug-likeness (QED) is 0.673. The lowest BCUT2D eigenvalue weighted by molar-refractivity contribution is -0.384. The second-order valence-electron chi connectivity index (χ2n) is 4.08. The molecule has 0 aliphatic heterocycles. The number of rotatable bonds is 5. The Labute approximate surface area is 124 Å². The number of benzene rings is 1. The van der Waals surface area contributed by atoms with E-state index in [9.17, 15) is 14.9 Å². The summed E-state index contributed by atoms with van der Waals surface area (Å²) >= 11 is 5.69. The van der Waals surface area contributed by atoms with E-state index in [-0.39, 0.29) is 23.7 Å². The number of aromatic nitrogens is 2. The Bertz CT molecular complexity index is 686. The molecule has 9 heteroatoms. The Kier molecular flexibility index (Phi) is 4.39. The number of nitro benzene ring substituents is 1. The van der Waals surface area contributed by atoms with Gasteiger partial charge in [0.15, 0.2) is 0 Å². The lowest BCUT2D eigenvalue weighted by atomic mass is 10.2. The first-order chi connectivity index (χ1) is 9.97. The van der Waals surface area contributed by atoms with E-state index in [2.05, 4.69) is 10.4 Å². The Morgan fingerprint density at radius 3 is 2.86 bits per heavy atom. The maximum atomic E-state index is 11.8. The third-order valence-electron chi connectivity index (χ3n) is 2.53. The average Bonchev–Trinajstić information content (AvgIpc) is 2.83. The number of anilines is 1. The summed E-state index contributed by atoms with van der Waals surface area (Å²) in [5.74, 6) is -0.112. The summed E-state index contributed by atoms with van der Waals surface area (Å²) in [6.45, 7) is -0.0578. The van der Waals surface area contributed by atoms with E-state index in [0.717, 1.165) is 0 Å². The van der Waals surface area contributed by atoms with Gasteiger partial charge in [0.2, 0.25) is 5.91 Å². The number of hydrogen-bond acceptors (Lipinski definition) is 5. The van der Waals surface area contributed by atoms with Gasteiger partial charge in [0.05, 0.1) is 35.0 Å². The van der Waals surface area contributed by atoms with E-state index < -0.39 is 10.8 Å². The van der Waals surface area contributed by atoms with E-state index in [1.165, 1.54) is 42.4 Å². The molecule has 1 N–H and O–H groups in total. The third-order valence-corrected chi connectivity index (χ3v) is 2.72. The van der Waals surface area contributed by atoms with Gasteiger partial charge in [-0.05, 0) is 0 Å². The molecule has 21 heavy (non-hydrogen) atoms. The average molecular weight is 311 g/mol. The largest absolute Gasteiger partial charge is 0.496 e. The predicted octanol–water partition coefficient (Wildman–Crippen LogP) is 2.09. The summed E-state index contributed by atoms with van der Waals surface area (Å²) in [7, 11) is 1.39. The van der Waals surface area contributed by atoms with E-state index in [1.54, 1.807) is 0 Å². The van der Waals surface area contributed by atoms with E-state index in [0.29, 0.717) is 5.02 Å². The number of nitrogens with zero attached hydrogens (tertiary/aromatic N) is 3. The number of halogens is 1. The Hall–Kier alpha value is -2.61. The van der Waals surface area contributed by atoms with Gasteiger partial charge in [-0.25, -0.2) is 0 Å². The highest BCUT2D eigenvalue weighted by molar-refractivity contribution is 6.30. The number of carbonyl (C=O) groups excluding carboxylic acids is 1. The minimum Gasteiger partial charge on any atom is -0.496 e. The molecule has 0 atom stereocenters. The molecule has 2 aromatic rings. The molecule has 0 aliphatic carbocycles. The molecule has 1 heterocycles. The minimum absolute atomic E-state index is 0.0578. The second kappa shape index (κ2) is 6.23. The molecule has 0 bridgehead atoms. The van der Waals surface area contributed by atoms with Gasteiger partial charge < -0.3 is 10.1 Å². The topological polar surface area (TPSA) is 99.3 Å². The van der Waals surface area contributed by atoms with E-state index in [4.69, 9.17) is 16.3 Å². The highest BCUT2D eigenvalue weighted by Crippen LogP contribution is 2.25. The van der Waals surface area contributed by atoms with Gasteiger partial charge in [0.1, 0.15) is 12.3 Å². The molecule has 0 unspecified atom stereocenters. The van der Waals surface area contributed by atoms with Crippen LogP contribution in [0.15, 0.2) is 30.6 Å². The van der Waals surface area contributed by atoms with Crippen molar-refractivity contribution >= 4 is 28.9 Å². The summed E-state index contributed by atoms with van der Waals surface area (Å²) in [6, 6.07) is 4.00. The van der Waals surface area contributed by atoms with Crippen molar-refractivity contribution in [2.75, 3.05) is 12.4 Å². The molecular formula is C12H11ClN4O4. The molecule has 1 amide bonds. The van der Waals surface area contributed by atoms with Crippen LogP contribution in [0.2, 0.25) is 5.02 Å². The van der Waals surface area contributed by atoms with Gasteiger partial charge >= 0.3 is 0 Å². The fourth-order valence-corrected chi connectivity index (χ4v) is 1.81. The molecule has 0 radical (unpaired) electrons. The number of methoxy groups -OCH3 is 1. The number of ether oxygens (including phenoxy) is 1. The number of nitro groups is 1. The predicted molar refractivity (Wildman–Crippen MR) is 75.5 cm³/mol. The first-order valence-electron chi connectivity index (χ1n) is 5.79. The second-order valence-corrected chi connectivity index (χ2v) is 4.52. The third kappa shape index (κ3) is 3.93. The van der Waals surface area contributed by atoms with Crippen LogP contribution < -0.4 is 10.1 Å². The van der Waals surface area contributed by atoms with Crippen LogP contribution in [0.25, 0.3) is 0 Å². The van der Waals surface area contributed by atoms with Crippen LogP contribution in [0.1, 0.15) is 0 Å². The van der Waals surface area contributed by atoms with Gasteiger partial charge in [0.25, 0.3) is 5.69 Å². The molecule has 0 saturated carbocycles. The van der Waals surface area contributed by atoms with Crippen LogP contribution in [0.3, 0.4) is 0 Å². The van der Waals surface area contributed by atoms with Crippen molar-refractivity contribution in [2.24, 2.45) is 0 Å². The number of nitrogens with one attached hydrogen (secondary N) is 1. The normalized spacial score (nSPS) is 10.2. The van der Waals surface area contributed by atoms with Crippen LogP contribution in [0.4, 0.5) is 11.4 Å².